The van der Waals surface area contributed by atoms with Crippen molar-refractivity contribution in [2.45, 2.75) is 76.5 Å². The van der Waals surface area contributed by atoms with E-state index in [-0.39, 0.29) is 117 Å². The fourth-order valence-electron chi connectivity index (χ4n) is 12.6. The molecule has 9 rings (SSSR count). The lowest BCUT2D eigenvalue weighted by molar-refractivity contribution is -0.141. The van der Waals surface area contributed by atoms with Gasteiger partial charge in [0.1, 0.15) is 6.61 Å². The zero-order chi connectivity index (χ0) is 77.2. The zero-order valence-corrected chi connectivity index (χ0v) is 61.9. The second kappa shape index (κ2) is 43.8. The van der Waals surface area contributed by atoms with Crippen LogP contribution in [0, 0.1) is 0 Å². The van der Waals surface area contributed by atoms with E-state index in [9.17, 15) is 53.1 Å². The van der Waals surface area contributed by atoms with E-state index < -0.39 is 5.97 Å². The maximum absolute atomic E-state index is 13.0. The van der Waals surface area contributed by atoms with E-state index in [2.05, 4.69) is 54.4 Å². The fourth-order valence-corrected chi connectivity index (χ4v) is 12.6. The van der Waals surface area contributed by atoms with Crippen molar-refractivity contribution in [3.8, 4) is 33.4 Å². The number of hydrogen-bond acceptors (Lipinski definition) is 18. The number of carbonyl (C=O) groups is 10. The van der Waals surface area contributed by atoms with E-state index in [1.807, 2.05) is 78.9 Å². The first kappa shape index (κ1) is 83.7. The van der Waals surface area contributed by atoms with E-state index in [4.69, 9.17) is 33.2 Å². The largest absolute Gasteiger partial charge is 0.465 e. The summed E-state index contributed by atoms with van der Waals surface area (Å²) in [6.45, 7) is 10.7. The van der Waals surface area contributed by atoms with Crippen LogP contribution in [0.4, 0.5) is 17.1 Å². The number of aliphatic hydroxyl groups excluding tert-OH is 1. The summed E-state index contributed by atoms with van der Waals surface area (Å²) in [5, 5.41) is 35.6. The molecule has 6 aromatic carbocycles. The molecule has 0 radical (unpaired) electrons. The van der Waals surface area contributed by atoms with Gasteiger partial charge in [0, 0.05) is 179 Å². The van der Waals surface area contributed by atoms with Gasteiger partial charge in [0.05, 0.1) is 46.2 Å². The summed E-state index contributed by atoms with van der Waals surface area (Å²) in [6, 6.07) is 33.2. The van der Waals surface area contributed by atoms with Gasteiger partial charge < -0.3 is 86.1 Å². The summed E-state index contributed by atoms with van der Waals surface area (Å²) in [7, 11) is 9.43. The van der Waals surface area contributed by atoms with Gasteiger partial charge in [0.15, 0.2) is 0 Å². The van der Waals surface area contributed by atoms with Crippen LogP contribution in [-0.4, -0.2) is 199 Å². The molecule has 0 aliphatic heterocycles. The molecule has 3 aliphatic rings. The van der Waals surface area contributed by atoms with Gasteiger partial charge in [-0.1, -0.05) is 61.2 Å². The lowest BCUT2D eigenvalue weighted by Crippen LogP contribution is -2.27. The molecule has 107 heavy (non-hydrogen) atoms. The second-order valence-corrected chi connectivity index (χ2v) is 25.2. The van der Waals surface area contributed by atoms with Crippen molar-refractivity contribution < 1.29 is 86.2 Å². The van der Waals surface area contributed by atoms with Crippen molar-refractivity contribution in [3.05, 3.63) is 166 Å². The van der Waals surface area contributed by atoms with E-state index in [0.29, 0.717) is 132 Å². The highest BCUT2D eigenvalue weighted by atomic mass is 16.5. The highest BCUT2D eigenvalue weighted by Crippen LogP contribution is 2.50. The predicted molar refractivity (Wildman–Crippen MR) is 406 cm³/mol. The summed E-state index contributed by atoms with van der Waals surface area (Å²) in [6.07, 6.45) is 2.73. The number of rotatable bonds is 39. The van der Waals surface area contributed by atoms with Crippen LogP contribution in [-0.2, 0) is 66.7 Å². The van der Waals surface area contributed by atoms with Gasteiger partial charge in [0.25, 0.3) is 17.7 Å². The Bertz CT molecular complexity index is 4120. The Morgan fingerprint density at radius 3 is 1.08 bits per heavy atom. The number of esters is 1. The molecule has 3 aliphatic carbocycles. The number of anilines is 3. The van der Waals surface area contributed by atoms with Crippen LogP contribution >= 0.6 is 0 Å². The molecule has 0 saturated carbocycles. The van der Waals surface area contributed by atoms with E-state index in [0.717, 1.165) is 72.3 Å². The molecular formula is C80H99N9O18. The number of nitrogens with one attached hydrogen (secondary N) is 9. The Kier molecular flexibility index (Phi) is 34.3. The molecule has 0 saturated heterocycles. The molecule has 27 heteroatoms. The first-order valence-electron chi connectivity index (χ1n) is 35.5. The SMILES string of the molecule is C=C1c2cc(NC(=O)CCCC(=O)NCCOC)ccc2-c2c1cccc2C(=O)NCCOC.COCCNC(=O)CCCC(=O)Nc1ccc2c(c1)C(CO)c1cccc(C(=O)NCCOC)c1-2.COCCNC(=O)CCCC(=O)Nc1ccc2c(c1)C(COC(C)=O)c1cccc(C(=O)NCCOC)c1-2. The minimum atomic E-state index is -0.399. The normalized spacial score (nSPS) is 12.8. The lowest BCUT2D eigenvalue weighted by atomic mass is 9.96. The van der Waals surface area contributed by atoms with Crippen molar-refractivity contribution in [1.82, 2.24) is 31.9 Å². The minimum absolute atomic E-state index is 0.0986. The average Bonchev–Trinajstić information content (AvgIpc) is 1.61. The summed E-state index contributed by atoms with van der Waals surface area (Å²) < 4.78 is 35.1. The first-order valence-corrected chi connectivity index (χ1v) is 35.5. The molecule has 572 valence electrons. The Labute approximate surface area is 623 Å². The van der Waals surface area contributed by atoms with Gasteiger partial charge in [0.2, 0.25) is 35.4 Å². The molecule has 10 N–H and O–H groups in total. The van der Waals surface area contributed by atoms with Crippen molar-refractivity contribution in [1.29, 1.82) is 0 Å². The van der Waals surface area contributed by atoms with Crippen molar-refractivity contribution in [2.75, 3.05) is 151 Å². The maximum Gasteiger partial charge on any atom is 0.302 e. The van der Waals surface area contributed by atoms with Gasteiger partial charge >= 0.3 is 5.97 Å². The van der Waals surface area contributed by atoms with Crippen LogP contribution < -0.4 is 47.9 Å². The second-order valence-electron chi connectivity index (χ2n) is 25.2. The van der Waals surface area contributed by atoms with Gasteiger partial charge in [-0.2, -0.15) is 0 Å². The molecule has 27 nitrogen and oxygen atoms in total. The molecule has 0 aromatic heterocycles. The Hall–Kier alpha value is -10.5. The third kappa shape index (κ3) is 24.3. The average molecular weight is 1470 g/mol. The summed E-state index contributed by atoms with van der Waals surface area (Å²) in [5.41, 5.74) is 14.6. The summed E-state index contributed by atoms with van der Waals surface area (Å²) >= 11 is 0. The zero-order valence-electron chi connectivity index (χ0n) is 61.9. The lowest BCUT2D eigenvalue weighted by Gasteiger charge is -2.15. The van der Waals surface area contributed by atoms with Gasteiger partial charge in [-0.25, -0.2) is 0 Å². The van der Waals surface area contributed by atoms with Crippen LogP contribution in [0.1, 0.15) is 141 Å². The number of fused-ring (bicyclic) bond motifs is 9. The van der Waals surface area contributed by atoms with Crippen LogP contribution in [0.15, 0.2) is 116 Å². The molecule has 0 heterocycles. The van der Waals surface area contributed by atoms with Gasteiger partial charge in [-0.15, -0.1) is 0 Å². The maximum atomic E-state index is 13.0. The monoisotopic (exact) mass is 1470 g/mol. The molecule has 2 atom stereocenters. The van der Waals surface area contributed by atoms with Crippen LogP contribution in [0.5, 0.6) is 0 Å². The number of aliphatic hydroxyl groups is 1. The third-order valence-corrected chi connectivity index (χ3v) is 17.6. The van der Waals surface area contributed by atoms with E-state index >= 15 is 0 Å². The van der Waals surface area contributed by atoms with Crippen molar-refractivity contribution in [3.63, 3.8) is 0 Å². The summed E-state index contributed by atoms with van der Waals surface area (Å²) in [4.78, 5) is 123. The number of hydrogen-bond donors (Lipinski definition) is 10. The van der Waals surface area contributed by atoms with E-state index in [1.54, 1.807) is 73.0 Å². The highest BCUT2D eigenvalue weighted by molar-refractivity contribution is 6.11. The number of ether oxygens (including phenoxy) is 7. The molecule has 6 aromatic rings. The summed E-state index contributed by atoms with van der Waals surface area (Å²) in [5.74, 6) is -2.47. The highest BCUT2D eigenvalue weighted by Gasteiger charge is 2.35. The van der Waals surface area contributed by atoms with Crippen LogP contribution in [0.3, 0.4) is 0 Å². The molecule has 9 amide bonds. The number of carbonyl (C=O) groups excluding carboxylic acids is 10. The van der Waals surface area contributed by atoms with Crippen molar-refractivity contribution >= 4 is 81.8 Å². The minimum Gasteiger partial charge on any atom is -0.465 e. The first-order chi connectivity index (χ1) is 51.8. The Balaban J connectivity index is 0.000000224. The Morgan fingerprint density at radius 1 is 0.364 bits per heavy atom. The van der Waals surface area contributed by atoms with Gasteiger partial charge in [-0.3, -0.25) is 47.9 Å². The van der Waals surface area contributed by atoms with E-state index in [1.165, 1.54) is 6.92 Å². The molecule has 0 spiro atoms. The van der Waals surface area contributed by atoms with Gasteiger partial charge in [-0.05, 0) is 141 Å². The third-order valence-electron chi connectivity index (χ3n) is 17.6. The topological polar surface area (TPSA) is 364 Å². The predicted octanol–water partition coefficient (Wildman–Crippen LogP) is 7.62. The quantitative estimate of drug-likeness (QED) is 0.0131. The number of amides is 9. The van der Waals surface area contributed by atoms with Crippen LogP contribution in [0.2, 0.25) is 0 Å². The van der Waals surface area contributed by atoms with Crippen molar-refractivity contribution in [2.24, 2.45) is 0 Å². The van der Waals surface area contributed by atoms with Crippen LogP contribution in [0.25, 0.3) is 39.0 Å². The molecule has 0 fully saturated rings. The standard InChI is InChI=1S/C28H35N3O7.C26H33N3O6.C26H31N3O5/c1-18(32)38-17-24-20-6-4-7-22(28(35)30-13-15-37-3)27(20)21-11-10-19(16-23(21)24)31-26(34)9-5-8-25(33)29-12-14-36-2;1-34-13-11-27-23(31)7-4-8-24(32)29-17-9-10-19-21(15-17)22(16-30)18-5-3-6-20(25(18)19)26(33)28-12-14-35-2;1-17-19-6-4-7-21(26(32)28-13-15-34-3)25(19)20-11-10-18(16-22(17)20)29-24(31)9-5-8-23(30)27-12-14-33-2/h4,6-7,10-11,16,24H,5,8-9,12-15,17H2,1-3H3,(H,29,33)(H,30,35)(H,31,34);3,5-6,9-10,15,22,30H,4,7-8,11-14,16H2,1-2H3,(H,27,31)(H,28,33)(H,29,32);4,6-7,10-11,16H,1,5,8-9,12-15H2,2-3H3,(H,27,30)(H,28,32)(H,29,31). The molecule has 2 unspecified atom stereocenters. The Morgan fingerprint density at radius 2 is 0.701 bits per heavy atom. The molecular weight excluding hydrogens is 1370 g/mol. The molecule has 0 bridgehead atoms. The smallest absolute Gasteiger partial charge is 0.302 e. The number of methoxy groups -OCH3 is 6. The number of benzene rings is 6. The fraction of sp³-hybridized carbons (Fsp3) is 0.400.